The number of ether oxygens (including phenoxy) is 1. The van der Waals surface area contributed by atoms with Gasteiger partial charge in [0.15, 0.2) is 0 Å². The molecule has 0 spiro atoms. The Morgan fingerprint density at radius 3 is 2.67 bits per heavy atom. The smallest absolute Gasteiger partial charge is 0.272 e. The molecule has 0 aliphatic carbocycles. The Hall–Kier alpha value is -4.17. The molecule has 8 heteroatoms. The summed E-state index contributed by atoms with van der Waals surface area (Å²) in [7, 11) is 0. The van der Waals surface area contributed by atoms with E-state index in [1.54, 1.807) is 12.4 Å². The molecule has 1 fully saturated rings. The molecule has 2 N–H and O–H groups in total. The summed E-state index contributed by atoms with van der Waals surface area (Å²) in [6.07, 6.45) is 8.03. The minimum Gasteiger partial charge on any atom is -0.381 e. The van der Waals surface area contributed by atoms with E-state index in [1.807, 2.05) is 34.1 Å². The van der Waals surface area contributed by atoms with Crippen LogP contribution in [0, 0.1) is 11.8 Å². The Balaban J connectivity index is 1.29. The number of amides is 2. The molecule has 2 amide bonds. The molecule has 40 heavy (non-hydrogen) atoms. The second kappa shape index (κ2) is 9.48. The van der Waals surface area contributed by atoms with Gasteiger partial charge in [-0.3, -0.25) is 14.6 Å². The molecule has 3 aromatic rings. The minimum atomic E-state index is -0.170. The Morgan fingerprint density at radius 1 is 1.15 bits per heavy atom. The molecule has 1 saturated heterocycles. The third-order valence-electron chi connectivity index (χ3n) is 8.55. The molecule has 4 aliphatic heterocycles. The monoisotopic (exact) mass is 535 g/mol. The summed E-state index contributed by atoms with van der Waals surface area (Å²) >= 11 is 0. The summed E-state index contributed by atoms with van der Waals surface area (Å²) in [5.74, 6) is 0.235. The van der Waals surface area contributed by atoms with E-state index in [9.17, 15) is 9.59 Å². The topological polar surface area (TPSA) is 90.6 Å². The molecule has 7 rings (SSSR count). The van der Waals surface area contributed by atoms with Gasteiger partial charge in [-0.15, -0.1) is 0 Å². The number of benzene rings is 1. The number of fused-ring (bicyclic) bond motifs is 5. The van der Waals surface area contributed by atoms with Crippen LogP contribution >= 0.6 is 0 Å². The lowest BCUT2D eigenvalue weighted by Crippen LogP contribution is -2.38. The molecule has 4 aliphatic rings. The van der Waals surface area contributed by atoms with Crippen molar-refractivity contribution in [2.75, 3.05) is 23.4 Å². The van der Waals surface area contributed by atoms with Crippen LogP contribution in [0.25, 0.3) is 11.3 Å². The Labute approximate surface area is 233 Å². The summed E-state index contributed by atoms with van der Waals surface area (Å²) in [4.78, 5) is 38.8. The van der Waals surface area contributed by atoms with E-state index in [0.717, 1.165) is 52.3 Å². The number of H-pyrrole nitrogens is 1. The lowest BCUT2D eigenvalue weighted by Gasteiger charge is -2.39. The minimum absolute atomic E-state index is 0.00712. The molecule has 0 saturated carbocycles. The molecule has 1 unspecified atom stereocenters. The zero-order valence-corrected chi connectivity index (χ0v) is 22.9. The predicted octanol–water partition coefficient (Wildman–Crippen LogP) is 5.57. The van der Waals surface area contributed by atoms with E-state index in [0.29, 0.717) is 43.1 Å². The molecular weight excluding hydrogens is 502 g/mol. The first-order valence-corrected chi connectivity index (χ1v) is 14.1. The molecule has 2 aromatic heterocycles. The van der Waals surface area contributed by atoms with Crippen LogP contribution in [0.5, 0.6) is 0 Å². The van der Waals surface area contributed by atoms with Crippen molar-refractivity contribution in [3.63, 3.8) is 0 Å². The fraction of sp³-hybridized carbons (Fsp3) is 0.344. The second-order valence-corrected chi connectivity index (χ2v) is 11.5. The zero-order chi connectivity index (χ0) is 27.5. The van der Waals surface area contributed by atoms with Crippen LogP contribution in [-0.4, -0.2) is 39.9 Å². The van der Waals surface area contributed by atoms with Gasteiger partial charge in [0, 0.05) is 72.7 Å². The fourth-order valence-electron chi connectivity index (χ4n) is 6.55. The van der Waals surface area contributed by atoms with Crippen LogP contribution < -0.4 is 10.2 Å². The van der Waals surface area contributed by atoms with Gasteiger partial charge in [0.25, 0.3) is 11.8 Å². The quantitative estimate of drug-likeness (QED) is 0.427. The number of pyridine rings is 1. The first kappa shape index (κ1) is 24.8. The first-order chi connectivity index (χ1) is 19.4. The van der Waals surface area contributed by atoms with Crippen LogP contribution in [0.1, 0.15) is 59.9 Å². The van der Waals surface area contributed by atoms with Crippen LogP contribution in [-0.2, 0) is 22.5 Å². The molecular formula is C32H33N5O3. The Bertz CT molecular complexity index is 1560. The summed E-state index contributed by atoms with van der Waals surface area (Å²) in [6, 6.07) is 10.0. The van der Waals surface area contributed by atoms with Crippen molar-refractivity contribution in [2.24, 2.45) is 11.8 Å². The average Bonchev–Trinajstić information content (AvgIpc) is 3.50. The predicted molar refractivity (Wildman–Crippen MR) is 153 cm³/mol. The summed E-state index contributed by atoms with van der Waals surface area (Å²) in [5, 5.41) is 3.08. The number of aromatic amines is 1. The van der Waals surface area contributed by atoms with Crippen molar-refractivity contribution in [2.45, 2.75) is 45.7 Å². The van der Waals surface area contributed by atoms with Crippen molar-refractivity contribution in [1.29, 1.82) is 0 Å². The van der Waals surface area contributed by atoms with E-state index in [2.05, 4.69) is 47.8 Å². The fourth-order valence-corrected chi connectivity index (χ4v) is 6.55. The zero-order valence-electron chi connectivity index (χ0n) is 22.9. The lowest BCUT2D eigenvalue weighted by molar-refractivity contribution is -0.113. The van der Waals surface area contributed by atoms with Crippen LogP contribution in [0.4, 0.5) is 11.4 Å². The molecule has 6 heterocycles. The maximum absolute atomic E-state index is 13.7. The number of allylic oxidation sites excluding steroid dienone is 2. The molecule has 8 nitrogen and oxygen atoms in total. The highest BCUT2D eigenvalue weighted by atomic mass is 16.5. The number of aromatic nitrogens is 2. The standard InChI is InChI=1S/C32H33N5O3/c1-18(2)12-30-31(38)35-27-14-24-23(15-29(27)37(30)19(3)20-6-10-40-11-7-20)28-16-26-22(17-36(28)32(24)39)13-25(34-26)21-4-8-33-9-5-21/h4-5,8-9,12-15,18,20,28,34H,3,6-7,10-11,16-17H2,1-2H3,(H,35,38)/b30-12-. The Morgan fingerprint density at radius 2 is 1.93 bits per heavy atom. The SMILES string of the molecule is C=C(C1CCOCC1)N1/C(=C\C(C)C)C(=O)Nc2cc3c(cc21)C1Cc2[nH]c(-c4ccncc4)cc2CN1C3=O. The van der Waals surface area contributed by atoms with Gasteiger partial charge in [0.05, 0.1) is 17.4 Å². The maximum Gasteiger partial charge on any atom is 0.272 e. The van der Waals surface area contributed by atoms with Crippen molar-refractivity contribution in [3.05, 3.63) is 89.2 Å². The van der Waals surface area contributed by atoms with E-state index in [-0.39, 0.29) is 29.7 Å². The normalized spacial score (nSPS) is 21.3. The highest BCUT2D eigenvalue weighted by molar-refractivity contribution is 6.14. The van der Waals surface area contributed by atoms with Crippen LogP contribution in [0.2, 0.25) is 0 Å². The van der Waals surface area contributed by atoms with Gasteiger partial charge in [-0.05, 0) is 60.2 Å². The number of nitrogens with one attached hydrogen (secondary N) is 2. The third-order valence-corrected chi connectivity index (χ3v) is 8.55. The lowest BCUT2D eigenvalue weighted by atomic mass is 9.92. The van der Waals surface area contributed by atoms with E-state index in [4.69, 9.17) is 4.74 Å². The van der Waals surface area contributed by atoms with E-state index in [1.165, 1.54) is 0 Å². The molecule has 0 radical (unpaired) electrons. The number of carbonyl (C=O) groups excluding carboxylic acids is 2. The Kier molecular flexibility index (Phi) is 5.89. The van der Waals surface area contributed by atoms with E-state index >= 15 is 0 Å². The van der Waals surface area contributed by atoms with Gasteiger partial charge in [0.2, 0.25) is 0 Å². The van der Waals surface area contributed by atoms with Crippen molar-refractivity contribution in [3.8, 4) is 11.3 Å². The number of rotatable bonds is 4. The number of anilines is 2. The number of hydrogen-bond donors (Lipinski definition) is 2. The molecule has 0 bridgehead atoms. The molecule has 1 aromatic carbocycles. The number of nitrogens with zero attached hydrogens (tertiary/aromatic N) is 3. The highest BCUT2D eigenvalue weighted by Gasteiger charge is 2.43. The largest absolute Gasteiger partial charge is 0.381 e. The van der Waals surface area contributed by atoms with Crippen molar-refractivity contribution < 1.29 is 14.3 Å². The van der Waals surface area contributed by atoms with Gasteiger partial charge >= 0.3 is 0 Å². The maximum atomic E-state index is 13.7. The summed E-state index contributed by atoms with van der Waals surface area (Å²) in [5.41, 5.74) is 9.11. The van der Waals surface area contributed by atoms with Gasteiger partial charge in [0.1, 0.15) is 5.70 Å². The highest BCUT2D eigenvalue weighted by Crippen LogP contribution is 2.48. The number of hydrogen-bond acceptors (Lipinski definition) is 5. The van der Waals surface area contributed by atoms with E-state index < -0.39 is 0 Å². The first-order valence-electron chi connectivity index (χ1n) is 14.1. The second-order valence-electron chi connectivity index (χ2n) is 11.5. The summed E-state index contributed by atoms with van der Waals surface area (Å²) < 4.78 is 5.61. The molecule has 1 atom stereocenters. The van der Waals surface area contributed by atoms with Gasteiger partial charge in [-0.2, -0.15) is 0 Å². The van der Waals surface area contributed by atoms with Crippen molar-refractivity contribution >= 4 is 23.2 Å². The van der Waals surface area contributed by atoms with Crippen molar-refractivity contribution in [1.82, 2.24) is 14.9 Å². The van der Waals surface area contributed by atoms with Crippen LogP contribution in [0.15, 0.2) is 66.8 Å². The number of carbonyl (C=O) groups is 2. The van der Waals surface area contributed by atoms with Gasteiger partial charge in [-0.25, -0.2) is 0 Å². The van der Waals surface area contributed by atoms with Gasteiger partial charge < -0.3 is 24.8 Å². The van der Waals surface area contributed by atoms with Gasteiger partial charge in [-0.1, -0.05) is 26.5 Å². The van der Waals surface area contributed by atoms with Crippen LogP contribution in [0.3, 0.4) is 0 Å². The third kappa shape index (κ3) is 3.97. The summed E-state index contributed by atoms with van der Waals surface area (Å²) in [6.45, 7) is 10.6. The average molecular weight is 536 g/mol. The molecule has 204 valence electrons.